The minimum atomic E-state index is -2.97. The standard InChI is InChI=1S/C16H12F2O6/c17-16(18)24-11-4-1-9(2-5-11)14(21)8-23-15(22)12-6-3-10(19)7-13(12)20/h1-7,16,19-20H,8H2. The van der Waals surface area contributed by atoms with Gasteiger partial charge in [-0.05, 0) is 36.4 Å². The van der Waals surface area contributed by atoms with Crippen LogP contribution in [0.15, 0.2) is 42.5 Å². The Balaban J connectivity index is 1.96. The summed E-state index contributed by atoms with van der Waals surface area (Å²) >= 11 is 0. The van der Waals surface area contributed by atoms with Gasteiger partial charge in [-0.1, -0.05) is 0 Å². The number of rotatable bonds is 6. The maximum atomic E-state index is 12.0. The molecule has 0 heterocycles. The number of carbonyl (C=O) groups is 2. The lowest BCUT2D eigenvalue weighted by molar-refractivity contribution is -0.0498. The predicted octanol–water partition coefficient (Wildman–Crippen LogP) is 2.74. The quantitative estimate of drug-likeness (QED) is 0.621. The van der Waals surface area contributed by atoms with Crippen LogP contribution in [0.4, 0.5) is 8.78 Å². The molecule has 0 atom stereocenters. The van der Waals surface area contributed by atoms with Crippen molar-refractivity contribution < 1.29 is 38.1 Å². The van der Waals surface area contributed by atoms with E-state index < -0.39 is 30.7 Å². The summed E-state index contributed by atoms with van der Waals surface area (Å²) < 4.78 is 33.0. The van der Waals surface area contributed by atoms with Gasteiger partial charge >= 0.3 is 12.6 Å². The molecule has 2 rings (SSSR count). The number of carbonyl (C=O) groups excluding carboxylic acids is 2. The van der Waals surface area contributed by atoms with E-state index in [0.717, 1.165) is 12.1 Å². The van der Waals surface area contributed by atoms with Gasteiger partial charge in [-0.15, -0.1) is 0 Å². The van der Waals surface area contributed by atoms with Crippen LogP contribution >= 0.6 is 0 Å². The smallest absolute Gasteiger partial charge is 0.387 e. The number of hydrogen-bond acceptors (Lipinski definition) is 6. The molecule has 0 radical (unpaired) electrons. The number of halogens is 2. The van der Waals surface area contributed by atoms with Crippen LogP contribution in [0.3, 0.4) is 0 Å². The zero-order valence-electron chi connectivity index (χ0n) is 12.1. The summed E-state index contributed by atoms with van der Waals surface area (Å²) in [7, 11) is 0. The fraction of sp³-hybridized carbons (Fsp3) is 0.125. The summed E-state index contributed by atoms with van der Waals surface area (Å²) in [4.78, 5) is 23.7. The van der Waals surface area contributed by atoms with Gasteiger partial charge in [0.25, 0.3) is 0 Å². The Morgan fingerprint density at radius 3 is 2.29 bits per heavy atom. The summed E-state index contributed by atoms with van der Waals surface area (Å²) in [6.45, 7) is -3.57. The molecule has 2 aromatic carbocycles. The summed E-state index contributed by atoms with van der Waals surface area (Å²) in [6, 6.07) is 8.17. The van der Waals surface area contributed by atoms with Crippen LogP contribution in [-0.2, 0) is 4.74 Å². The van der Waals surface area contributed by atoms with E-state index in [1.54, 1.807) is 0 Å². The Kier molecular flexibility index (Phi) is 5.31. The molecule has 0 saturated carbocycles. The fourth-order valence-corrected chi connectivity index (χ4v) is 1.81. The molecule has 0 unspecified atom stereocenters. The maximum absolute atomic E-state index is 12.0. The van der Waals surface area contributed by atoms with Gasteiger partial charge < -0.3 is 19.7 Å². The Morgan fingerprint density at radius 1 is 1.04 bits per heavy atom. The topological polar surface area (TPSA) is 93.1 Å². The normalized spacial score (nSPS) is 10.5. The van der Waals surface area contributed by atoms with Crippen molar-refractivity contribution in [2.24, 2.45) is 0 Å². The molecular weight excluding hydrogens is 326 g/mol. The zero-order valence-corrected chi connectivity index (χ0v) is 12.1. The van der Waals surface area contributed by atoms with Crippen molar-refractivity contribution in [1.29, 1.82) is 0 Å². The number of ketones is 1. The summed E-state index contributed by atoms with van der Waals surface area (Å²) in [6.07, 6.45) is 0. The van der Waals surface area contributed by atoms with Crippen LogP contribution in [0.25, 0.3) is 0 Å². The summed E-state index contributed by atoms with van der Waals surface area (Å²) in [5.74, 6) is -2.33. The highest BCUT2D eigenvalue weighted by atomic mass is 19.3. The monoisotopic (exact) mass is 338 g/mol. The average molecular weight is 338 g/mol. The number of ether oxygens (including phenoxy) is 2. The first kappa shape index (κ1) is 17.2. The molecule has 0 aliphatic carbocycles. The largest absolute Gasteiger partial charge is 0.508 e. The second-order valence-corrected chi connectivity index (χ2v) is 4.60. The molecule has 0 fully saturated rings. The van der Waals surface area contributed by atoms with Crippen molar-refractivity contribution in [2.45, 2.75) is 6.61 Å². The van der Waals surface area contributed by atoms with Gasteiger partial charge in [-0.2, -0.15) is 8.78 Å². The number of phenols is 2. The van der Waals surface area contributed by atoms with Gasteiger partial charge in [0, 0.05) is 11.6 Å². The molecule has 0 aliphatic heterocycles. The van der Waals surface area contributed by atoms with E-state index in [-0.39, 0.29) is 22.6 Å². The van der Waals surface area contributed by atoms with Crippen molar-refractivity contribution in [3.8, 4) is 17.2 Å². The minimum Gasteiger partial charge on any atom is -0.508 e. The Morgan fingerprint density at radius 2 is 1.71 bits per heavy atom. The van der Waals surface area contributed by atoms with Crippen molar-refractivity contribution in [1.82, 2.24) is 0 Å². The Bertz CT molecular complexity index is 743. The Labute approximate surface area is 134 Å². The molecule has 6 nitrogen and oxygen atoms in total. The van der Waals surface area contributed by atoms with Crippen molar-refractivity contribution >= 4 is 11.8 Å². The average Bonchev–Trinajstić information content (AvgIpc) is 2.52. The number of Topliss-reactive ketones (excluding diaryl/α,β-unsaturated/α-hetero) is 1. The van der Waals surface area contributed by atoms with E-state index in [0.29, 0.717) is 0 Å². The van der Waals surface area contributed by atoms with Crippen LogP contribution in [0.2, 0.25) is 0 Å². The number of benzene rings is 2. The molecule has 0 spiro atoms. The van der Waals surface area contributed by atoms with Crippen LogP contribution in [0, 0.1) is 0 Å². The highest BCUT2D eigenvalue weighted by molar-refractivity contribution is 6.00. The highest BCUT2D eigenvalue weighted by Crippen LogP contribution is 2.23. The molecule has 24 heavy (non-hydrogen) atoms. The van der Waals surface area contributed by atoms with Crippen LogP contribution in [0.5, 0.6) is 17.2 Å². The lowest BCUT2D eigenvalue weighted by Crippen LogP contribution is -2.14. The molecule has 0 aromatic heterocycles. The number of phenolic OH excluding ortho intramolecular Hbond substituents is 2. The lowest BCUT2D eigenvalue weighted by Gasteiger charge is -2.07. The van der Waals surface area contributed by atoms with Crippen molar-refractivity contribution in [2.75, 3.05) is 6.61 Å². The third-order valence-corrected chi connectivity index (χ3v) is 2.94. The summed E-state index contributed by atoms with van der Waals surface area (Å²) in [5, 5.41) is 18.7. The number of alkyl halides is 2. The van der Waals surface area contributed by atoms with Gasteiger partial charge in [-0.25, -0.2) is 4.79 Å². The third kappa shape index (κ3) is 4.42. The molecule has 0 saturated heterocycles. The van der Waals surface area contributed by atoms with Crippen LogP contribution in [0.1, 0.15) is 20.7 Å². The molecule has 0 bridgehead atoms. The van der Waals surface area contributed by atoms with Crippen LogP contribution in [-0.4, -0.2) is 35.2 Å². The summed E-state index contributed by atoms with van der Waals surface area (Å²) in [5.41, 5.74) is -0.0689. The first-order valence-corrected chi connectivity index (χ1v) is 6.64. The first-order chi connectivity index (χ1) is 11.4. The minimum absolute atomic E-state index is 0.104. The van der Waals surface area contributed by atoms with E-state index in [9.17, 15) is 23.5 Å². The second-order valence-electron chi connectivity index (χ2n) is 4.60. The van der Waals surface area contributed by atoms with Gasteiger partial charge in [0.2, 0.25) is 0 Å². The molecular formula is C16H12F2O6. The third-order valence-electron chi connectivity index (χ3n) is 2.94. The van der Waals surface area contributed by atoms with Gasteiger partial charge in [0.1, 0.15) is 22.8 Å². The van der Waals surface area contributed by atoms with E-state index >= 15 is 0 Å². The molecule has 2 N–H and O–H groups in total. The fourth-order valence-electron chi connectivity index (χ4n) is 1.81. The van der Waals surface area contributed by atoms with E-state index in [2.05, 4.69) is 4.74 Å². The second kappa shape index (κ2) is 7.40. The van der Waals surface area contributed by atoms with E-state index in [4.69, 9.17) is 9.84 Å². The first-order valence-electron chi connectivity index (χ1n) is 6.64. The number of esters is 1. The van der Waals surface area contributed by atoms with E-state index in [1.165, 1.54) is 30.3 Å². The lowest BCUT2D eigenvalue weighted by atomic mass is 10.1. The molecule has 0 amide bonds. The van der Waals surface area contributed by atoms with Gasteiger partial charge in [-0.3, -0.25) is 4.79 Å². The molecule has 2 aromatic rings. The number of hydrogen-bond donors (Lipinski definition) is 2. The predicted molar refractivity (Wildman–Crippen MR) is 77.5 cm³/mol. The number of aromatic hydroxyl groups is 2. The SMILES string of the molecule is O=C(COC(=O)c1ccc(O)cc1O)c1ccc(OC(F)F)cc1. The highest BCUT2D eigenvalue weighted by Gasteiger charge is 2.16. The van der Waals surface area contributed by atoms with E-state index in [1.807, 2.05) is 0 Å². The maximum Gasteiger partial charge on any atom is 0.387 e. The van der Waals surface area contributed by atoms with Crippen LogP contribution < -0.4 is 4.74 Å². The molecule has 8 heteroatoms. The Hall–Kier alpha value is -3.16. The van der Waals surface area contributed by atoms with Crippen molar-refractivity contribution in [3.63, 3.8) is 0 Å². The zero-order chi connectivity index (χ0) is 17.7. The van der Waals surface area contributed by atoms with Gasteiger partial charge in [0.05, 0.1) is 0 Å². The molecule has 126 valence electrons. The molecule has 0 aliphatic rings. The van der Waals surface area contributed by atoms with Crippen molar-refractivity contribution in [3.05, 3.63) is 53.6 Å². The van der Waals surface area contributed by atoms with Gasteiger partial charge in [0.15, 0.2) is 12.4 Å².